The molecule has 0 atom stereocenters. The third kappa shape index (κ3) is 19.1. The molecule has 0 aromatic rings. The summed E-state index contributed by atoms with van der Waals surface area (Å²) in [5, 5.41) is 0. The molecule has 0 aliphatic rings. The van der Waals surface area contributed by atoms with Crippen molar-refractivity contribution in [2.75, 3.05) is 60.5 Å². The van der Waals surface area contributed by atoms with Crippen molar-refractivity contribution < 1.29 is 31.6 Å². The van der Waals surface area contributed by atoms with Crippen molar-refractivity contribution in [2.24, 2.45) is 0 Å². The minimum absolute atomic E-state index is 0.618. The van der Waals surface area contributed by atoms with E-state index in [4.69, 9.17) is 31.6 Å². The molecule has 0 aromatic heterocycles. The van der Waals surface area contributed by atoms with Gasteiger partial charge in [-0.25, -0.2) is 0 Å². The Morgan fingerprint density at radius 2 is 1.06 bits per heavy atom. The molecule has 0 unspecified atom stereocenters. The van der Waals surface area contributed by atoms with E-state index in [2.05, 4.69) is 19.7 Å². The van der Waals surface area contributed by atoms with E-state index in [1.807, 2.05) is 34.6 Å². The molecule has 0 amide bonds. The third-order valence-corrected chi connectivity index (χ3v) is 10.5. The zero-order chi connectivity index (χ0) is 24.9. The molecule has 7 nitrogen and oxygen atoms in total. The standard InChI is InChI=1S/C13H28O4Si.C10H22O3Si/c1-6-15-18(16-7-2,17-8-3)11-9-10-14-12-13(4)5;1-10(2)9-13-7-6-8-14(5,11-3)12-4/h4,6-12H2,1-3,5H3;1,6-9H2,2-5H3. The van der Waals surface area contributed by atoms with Crippen LogP contribution in [0.15, 0.2) is 24.3 Å². The normalized spacial score (nSPS) is 11.8. The van der Waals surface area contributed by atoms with Crippen molar-refractivity contribution in [3.8, 4) is 0 Å². The van der Waals surface area contributed by atoms with Gasteiger partial charge in [0.2, 0.25) is 0 Å². The summed E-state index contributed by atoms with van der Waals surface area (Å²) in [4.78, 5) is 0. The summed E-state index contributed by atoms with van der Waals surface area (Å²) >= 11 is 0. The van der Waals surface area contributed by atoms with Crippen LogP contribution in [0.4, 0.5) is 0 Å². The van der Waals surface area contributed by atoms with Crippen molar-refractivity contribution in [1.82, 2.24) is 0 Å². The van der Waals surface area contributed by atoms with Crippen LogP contribution < -0.4 is 0 Å². The minimum Gasteiger partial charge on any atom is -0.398 e. The molecule has 0 saturated heterocycles. The first kappa shape index (κ1) is 33.8. The van der Waals surface area contributed by atoms with Crippen LogP contribution >= 0.6 is 0 Å². The average Bonchev–Trinajstić information content (AvgIpc) is 2.73. The lowest BCUT2D eigenvalue weighted by Gasteiger charge is -2.28. The highest BCUT2D eigenvalue weighted by Crippen LogP contribution is 2.18. The Kier molecular flexibility index (Phi) is 22.4. The van der Waals surface area contributed by atoms with Gasteiger partial charge in [-0.2, -0.15) is 0 Å². The van der Waals surface area contributed by atoms with E-state index in [0.717, 1.165) is 42.7 Å². The van der Waals surface area contributed by atoms with Gasteiger partial charge < -0.3 is 31.6 Å². The van der Waals surface area contributed by atoms with E-state index in [9.17, 15) is 0 Å². The van der Waals surface area contributed by atoms with Crippen molar-refractivity contribution >= 4 is 17.4 Å². The van der Waals surface area contributed by atoms with Crippen LogP contribution in [0, 0.1) is 0 Å². The van der Waals surface area contributed by atoms with E-state index in [1.165, 1.54) is 0 Å². The molecule has 0 aliphatic carbocycles. The maximum atomic E-state index is 5.76. The summed E-state index contributed by atoms with van der Waals surface area (Å²) in [6.07, 6.45) is 1.87. The molecular formula is C23H50O7Si2. The molecule has 192 valence electrons. The van der Waals surface area contributed by atoms with Crippen LogP contribution in [0.2, 0.25) is 18.6 Å². The molecule has 0 radical (unpaired) electrons. The van der Waals surface area contributed by atoms with E-state index in [0.29, 0.717) is 39.6 Å². The van der Waals surface area contributed by atoms with Crippen LogP contribution in [0.3, 0.4) is 0 Å². The molecule has 0 fully saturated rings. The Hall–Kier alpha value is -0.366. The predicted octanol–water partition coefficient (Wildman–Crippen LogP) is 5.35. The second-order valence-corrected chi connectivity index (χ2v) is 14.1. The molecule has 0 heterocycles. The maximum Gasteiger partial charge on any atom is 0.501 e. The zero-order valence-electron chi connectivity index (χ0n) is 22.1. The summed E-state index contributed by atoms with van der Waals surface area (Å²) in [7, 11) is -0.927. The highest BCUT2D eigenvalue weighted by Gasteiger charge is 2.39. The molecule has 32 heavy (non-hydrogen) atoms. The summed E-state index contributed by atoms with van der Waals surface area (Å²) in [6.45, 7) is 24.0. The average molecular weight is 495 g/mol. The van der Waals surface area contributed by atoms with Gasteiger partial charge in [0.25, 0.3) is 0 Å². The van der Waals surface area contributed by atoms with Gasteiger partial charge in [0.05, 0.1) is 13.2 Å². The van der Waals surface area contributed by atoms with E-state index >= 15 is 0 Å². The quantitative estimate of drug-likeness (QED) is 0.128. The molecular weight excluding hydrogens is 444 g/mol. The van der Waals surface area contributed by atoms with Gasteiger partial charge in [0.1, 0.15) is 0 Å². The van der Waals surface area contributed by atoms with Gasteiger partial charge in [-0.1, -0.05) is 24.3 Å². The Morgan fingerprint density at radius 3 is 1.38 bits per heavy atom. The van der Waals surface area contributed by atoms with Gasteiger partial charge in [0.15, 0.2) is 0 Å². The number of ether oxygens (including phenoxy) is 2. The molecule has 9 heteroatoms. The minimum atomic E-state index is -2.48. The summed E-state index contributed by atoms with van der Waals surface area (Å²) < 4.78 is 38.9. The fourth-order valence-electron chi connectivity index (χ4n) is 2.67. The molecule has 0 aromatic carbocycles. The second-order valence-electron chi connectivity index (χ2n) is 7.75. The first-order chi connectivity index (χ1) is 15.1. The van der Waals surface area contributed by atoms with E-state index in [-0.39, 0.29) is 0 Å². The fourth-order valence-corrected chi connectivity index (χ4v) is 6.61. The first-order valence-corrected chi connectivity index (χ1v) is 16.1. The molecule has 0 spiro atoms. The molecule has 0 N–H and O–H groups in total. The van der Waals surface area contributed by atoms with Gasteiger partial charge in [-0.05, 0) is 60.1 Å². The zero-order valence-corrected chi connectivity index (χ0v) is 24.1. The predicted molar refractivity (Wildman–Crippen MR) is 136 cm³/mol. The first-order valence-electron chi connectivity index (χ1n) is 11.6. The van der Waals surface area contributed by atoms with Crippen LogP contribution in [0.25, 0.3) is 0 Å². The highest BCUT2D eigenvalue weighted by atomic mass is 28.4. The third-order valence-electron chi connectivity index (χ3n) is 4.34. The molecule has 0 bridgehead atoms. The van der Waals surface area contributed by atoms with Gasteiger partial charge in [-0.3, -0.25) is 0 Å². The van der Waals surface area contributed by atoms with Crippen molar-refractivity contribution in [3.05, 3.63) is 24.3 Å². The van der Waals surface area contributed by atoms with Crippen molar-refractivity contribution in [3.63, 3.8) is 0 Å². The SMILES string of the molecule is C=C(C)COCCC[Si](C)(OC)OC.C=C(C)COCCC[Si](OCC)(OCC)OCC. The van der Waals surface area contributed by atoms with Crippen molar-refractivity contribution in [1.29, 1.82) is 0 Å². The Morgan fingerprint density at radius 1 is 0.688 bits per heavy atom. The lowest BCUT2D eigenvalue weighted by molar-refractivity contribution is 0.0670. The Labute approximate surface area is 200 Å². The molecule has 0 aliphatic heterocycles. The lowest BCUT2D eigenvalue weighted by Crippen LogP contribution is -2.46. The topological polar surface area (TPSA) is 64.6 Å². The number of hydrogen-bond donors (Lipinski definition) is 0. The van der Waals surface area contributed by atoms with Gasteiger partial charge in [-0.15, -0.1) is 0 Å². The monoisotopic (exact) mass is 494 g/mol. The Balaban J connectivity index is 0. The van der Waals surface area contributed by atoms with Crippen LogP contribution in [-0.4, -0.2) is 77.8 Å². The second kappa shape index (κ2) is 21.2. The summed E-state index contributed by atoms with van der Waals surface area (Å²) in [6, 6.07) is 1.77. The molecule has 0 rings (SSSR count). The van der Waals surface area contributed by atoms with Gasteiger partial charge >= 0.3 is 17.4 Å². The number of rotatable bonds is 20. The van der Waals surface area contributed by atoms with Gasteiger partial charge in [0, 0.05) is 53.3 Å². The van der Waals surface area contributed by atoms with Crippen LogP contribution in [0.1, 0.15) is 47.5 Å². The Bertz CT molecular complexity index is 454. The lowest BCUT2D eigenvalue weighted by atomic mass is 10.4. The van der Waals surface area contributed by atoms with Crippen LogP contribution in [0.5, 0.6) is 0 Å². The maximum absolute atomic E-state index is 5.76. The van der Waals surface area contributed by atoms with Crippen molar-refractivity contribution in [2.45, 2.75) is 66.1 Å². The smallest absolute Gasteiger partial charge is 0.398 e. The van der Waals surface area contributed by atoms with E-state index < -0.39 is 17.4 Å². The fraction of sp³-hybridized carbons (Fsp3) is 0.826. The summed E-state index contributed by atoms with van der Waals surface area (Å²) in [5.74, 6) is 0. The summed E-state index contributed by atoms with van der Waals surface area (Å²) in [5.41, 5.74) is 2.10. The highest BCUT2D eigenvalue weighted by molar-refractivity contribution is 6.65. The molecule has 0 saturated carbocycles. The number of hydrogen-bond acceptors (Lipinski definition) is 7. The largest absolute Gasteiger partial charge is 0.501 e. The van der Waals surface area contributed by atoms with E-state index in [1.54, 1.807) is 14.2 Å². The van der Waals surface area contributed by atoms with Crippen LogP contribution in [-0.2, 0) is 31.6 Å².